The molecule has 0 unspecified atom stereocenters. The maximum Gasteiger partial charge on any atom is 0.248 e. The van der Waals surface area contributed by atoms with Gasteiger partial charge in [0.15, 0.2) is 0 Å². The summed E-state index contributed by atoms with van der Waals surface area (Å²) in [4.78, 5) is 26.1. The number of aliphatic imine (C=N–C) groups is 1. The van der Waals surface area contributed by atoms with Gasteiger partial charge in [-0.25, -0.2) is 0 Å². The zero-order chi connectivity index (χ0) is 21.5. The molecule has 2 bridgehead atoms. The Morgan fingerprint density at radius 2 is 1.84 bits per heavy atom. The van der Waals surface area contributed by atoms with E-state index in [1.54, 1.807) is 18.3 Å². The molecule has 6 nitrogen and oxygen atoms in total. The molecule has 31 heavy (non-hydrogen) atoms. The van der Waals surface area contributed by atoms with Gasteiger partial charge in [-0.05, 0) is 74.6 Å². The van der Waals surface area contributed by atoms with Crippen LogP contribution in [0.4, 0.5) is 0 Å². The molecule has 0 radical (unpaired) electrons. The first-order valence-corrected chi connectivity index (χ1v) is 10.7. The molecule has 0 spiro atoms. The van der Waals surface area contributed by atoms with E-state index < -0.39 is 5.91 Å². The third kappa shape index (κ3) is 3.48. The number of amides is 1. The number of benzene rings is 1. The number of nitrogens with two attached hydrogens (primary N) is 2. The predicted octanol–water partition coefficient (Wildman–Crippen LogP) is 3.88. The molecule has 0 saturated heterocycles. The largest absolute Gasteiger partial charge is 0.396 e. The number of hydrogen-bond donors (Lipinski definition) is 2. The Kier molecular flexibility index (Phi) is 4.77. The highest BCUT2D eigenvalue weighted by Crippen LogP contribution is 2.40. The van der Waals surface area contributed by atoms with Crippen molar-refractivity contribution in [1.82, 2.24) is 9.97 Å². The standard InChI is InChI=1S/C25H25N5O/c1-14-3-2-4-21(29-14)23(26)22(24-15-5-8-17(30-24)9-6-15)18-11-12-28-20-10-7-16(25(27)31)13-19(18)20/h2-4,7,10-13,15,17H,5-6,8-9,26H2,1H3,(H2,27,31). The van der Waals surface area contributed by atoms with Gasteiger partial charge < -0.3 is 11.5 Å². The molecule has 1 saturated carbocycles. The smallest absolute Gasteiger partial charge is 0.248 e. The number of primary amides is 1. The first-order valence-electron chi connectivity index (χ1n) is 10.7. The van der Waals surface area contributed by atoms with Gasteiger partial charge in [-0.1, -0.05) is 6.07 Å². The van der Waals surface area contributed by atoms with E-state index >= 15 is 0 Å². The zero-order valence-corrected chi connectivity index (χ0v) is 17.5. The van der Waals surface area contributed by atoms with Crippen LogP contribution in [0.2, 0.25) is 0 Å². The maximum absolute atomic E-state index is 11.9. The van der Waals surface area contributed by atoms with Crippen LogP contribution in [-0.2, 0) is 0 Å². The van der Waals surface area contributed by atoms with Gasteiger partial charge in [-0.15, -0.1) is 0 Å². The van der Waals surface area contributed by atoms with E-state index in [1.807, 2.05) is 37.3 Å². The minimum Gasteiger partial charge on any atom is -0.396 e. The first-order chi connectivity index (χ1) is 15.0. The number of hydrogen-bond acceptors (Lipinski definition) is 5. The fraction of sp³-hybridized carbons (Fsp3) is 0.280. The Hall–Kier alpha value is -3.54. The Bertz CT molecular complexity index is 1250. The number of rotatable bonds is 4. The minimum absolute atomic E-state index is 0.350. The molecule has 2 aliphatic heterocycles. The van der Waals surface area contributed by atoms with Crippen LogP contribution in [0.25, 0.3) is 22.2 Å². The molecular formula is C25H25N5O. The third-order valence-corrected chi connectivity index (χ3v) is 6.39. The van der Waals surface area contributed by atoms with Gasteiger partial charge >= 0.3 is 0 Å². The molecule has 1 aromatic carbocycles. The summed E-state index contributed by atoms with van der Waals surface area (Å²) >= 11 is 0. The molecule has 3 aromatic rings. The highest BCUT2D eigenvalue weighted by molar-refractivity contribution is 6.33. The Labute approximate surface area is 181 Å². The van der Waals surface area contributed by atoms with Gasteiger partial charge in [0, 0.05) is 40.0 Å². The normalized spacial score (nSPS) is 21.0. The van der Waals surface area contributed by atoms with E-state index in [-0.39, 0.29) is 0 Å². The number of carbonyl (C=O) groups is 1. The molecule has 6 heteroatoms. The van der Waals surface area contributed by atoms with Crippen LogP contribution in [-0.4, -0.2) is 27.6 Å². The summed E-state index contributed by atoms with van der Waals surface area (Å²) in [5.74, 6) is -0.0875. The lowest BCUT2D eigenvalue weighted by Gasteiger charge is -2.36. The molecule has 6 rings (SSSR count). The predicted molar refractivity (Wildman–Crippen MR) is 123 cm³/mol. The Balaban J connectivity index is 1.81. The van der Waals surface area contributed by atoms with E-state index in [0.717, 1.165) is 64.8 Å². The summed E-state index contributed by atoms with van der Waals surface area (Å²) in [7, 11) is 0. The van der Waals surface area contributed by atoms with Gasteiger partial charge in [0.1, 0.15) is 0 Å². The Morgan fingerprint density at radius 1 is 1.03 bits per heavy atom. The lowest BCUT2D eigenvalue weighted by molar-refractivity contribution is 0.100. The summed E-state index contributed by atoms with van der Waals surface area (Å²) in [5.41, 5.74) is 18.7. The number of pyridine rings is 2. The lowest BCUT2D eigenvalue weighted by Crippen LogP contribution is -2.33. The van der Waals surface area contributed by atoms with Crippen molar-refractivity contribution < 1.29 is 4.79 Å². The number of aryl methyl sites for hydroxylation is 1. The SMILES string of the molecule is Cc1cccc(C(N)=C(C2=NC3CCC2CC3)c2ccnc3ccc(C(N)=O)cc23)n1. The first kappa shape index (κ1) is 19.4. The highest BCUT2D eigenvalue weighted by atomic mass is 16.1. The fourth-order valence-electron chi connectivity index (χ4n) is 4.81. The molecule has 4 N–H and O–H groups in total. The summed E-state index contributed by atoms with van der Waals surface area (Å²) < 4.78 is 0. The second-order valence-corrected chi connectivity index (χ2v) is 8.43. The number of aromatic nitrogens is 2. The molecule has 3 aliphatic rings. The summed E-state index contributed by atoms with van der Waals surface area (Å²) in [6.45, 7) is 1.96. The number of fused-ring (bicyclic) bond motifs is 3. The van der Waals surface area contributed by atoms with Crippen molar-refractivity contribution in [3.05, 3.63) is 71.2 Å². The highest BCUT2D eigenvalue weighted by Gasteiger charge is 2.34. The van der Waals surface area contributed by atoms with Crippen molar-refractivity contribution in [2.45, 2.75) is 38.6 Å². The molecule has 0 atom stereocenters. The topological polar surface area (TPSA) is 107 Å². The average Bonchev–Trinajstić information content (AvgIpc) is 2.80. The van der Waals surface area contributed by atoms with Crippen molar-refractivity contribution in [2.24, 2.45) is 22.4 Å². The van der Waals surface area contributed by atoms with Crippen LogP contribution < -0.4 is 11.5 Å². The van der Waals surface area contributed by atoms with E-state index in [4.69, 9.17) is 16.5 Å². The molecule has 1 fully saturated rings. The summed E-state index contributed by atoms with van der Waals surface area (Å²) in [5, 5.41) is 0.841. The van der Waals surface area contributed by atoms with Crippen molar-refractivity contribution in [2.75, 3.05) is 0 Å². The van der Waals surface area contributed by atoms with E-state index in [0.29, 0.717) is 23.2 Å². The molecule has 1 amide bonds. The maximum atomic E-state index is 11.9. The molecule has 4 heterocycles. The van der Waals surface area contributed by atoms with Gasteiger partial charge in [0.2, 0.25) is 5.91 Å². The average molecular weight is 412 g/mol. The fourth-order valence-corrected chi connectivity index (χ4v) is 4.81. The van der Waals surface area contributed by atoms with E-state index in [2.05, 4.69) is 9.97 Å². The quantitative estimate of drug-likeness (QED) is 0.679. The molecule has 2 aromatic heterocycles. The molecule has 156 valence electrons. The van der Waals surface area contributed by atoms with E-state index in [9.17, 15) is 4.79 Å². The minimum atomic E-state index is -0.468. The van der Waals surface area contributed by atoms with Crippen LogP contribution >= 0.6 is 0 Å². The van der Waals surface area contributed by atoms with Crippen molar-refractivity contribution in [3.8, 4) is 0 Å². The number of nitrogens with zero attached hydrogens (tertiary/aromatic N) is 3. The second-order valence-electron chi connectivity index (χ2n) is 8.43. The van der Waals surface area contributed by atoms with Crippen LogP contribution in [0.5, 0.6) is 0 Å². The van der Waals surface area contributed by atoms with Crippen molar-refractivity contribution in [3.63, 3.8) is 0 Å². The van der Waals surface area contributed by atoms with Gasteiger partial charge in [-0.2, -0.15) is 0 Å². The van der Waals surface area contributed by atoms with Gasteiger partial charge in [0.25, 0.3) is 0 Å². The zero-order valence-electron chi connectivity index (χ0n) is 17.5. The van der Waals surface area contributed by atoms with E-state index in [1.165, 1.54) is 0 Å². The monoisotopic (exact) mass is 411 g/mol. The lowest BCUT2D eigenvalue weighted by atomic mass is 9.75. The van der Waals surface area contributed by atoms with Gasteiger partial charge in [0.05, 0.1) is 22.9 Å². The molecule has 1 aliphatic carbocycles. The third-order valence-electron chi connectivity index (χ3n) is 6.39. The Morgan fingerprint density at radius 3 is 2.52 bits per heavy atom. The van der Waals surface area contributed by atoms with Crippen molar-refractivity contribution in [1.29, 1.82) is 0 Å². The van der Waals surface area contributed by atoms with Crippen LogP contribution in [0.1, 0.15) is 53.0 Å². The number of carbonyl (C=O) groups excluding carboxylic acids is 1. The summed E-state index contributed by atoms with van der Waals surface area (Å²) in [6, 6.07) is 13.5. The second kappa shape index (κ2) is 7.61. The molecular weight excluding hydrogens is 386 g/mol. The number of allylic oxidation sites excluding steroid dienone is 1. The van der Waals surface area contributed by atoms with Crippen LogP contribution in [0, 0.1) is 12.8 Å². The van der Waals surface area contributed by atoms with Crippen LogP contribution in [0.3, 0.4) is 0 Å². The van der Waals surface area contributed by atoms with Crippen molar-refractivity contribution >= 4 is 33.8 Å². The summed E-state index contributed by atoms with van der Waals surface area (Å²) in [6.07, 6.45) is 6.29. The van der Waals surface area contributed by atoms with Gasteiger partial charge in [-0.3, -0.25) is 19.8 Å². The van der Waals surface area contributed by atoms with Crippen LogP contribution in [0.15, 0.2) is 53.7 Å².